The van der Waals surface area contributed by atoms with Crippen molar-refractivity contribution in [3.05, 3.63) is 18.0 Å². The van der Waals surface area contributed by atoms with Crippen LogP contribution >= 0.6 is 0 Å². The molecule has 0 radical (unpaired) electrons. The van der Waals surface area contributed by atoms with Gasteiger partial charge in [-0.15, -0.1) is 0 Å². The van der Waals surface area contributed by atoms with Crippen molar-refractivity contribution in [3.63, 3.8) is 0 Å². The molecule has 0 atom stereocenters. The molecule has 0 aromatic carbocycles. The molecule has 106 valence electrons. The summed E-state index contributed by atoms with van der Waals surface area (Å²) in [7, 11) is 1.81. The second kappa shape index (κ2) is 7.71. The summed E-state index contributed by atoms with van der Waals surface area (Å²) in [5, 5.41) is 3.13. The first kappa shape index (κ1) is 15.4. The van der Waals surface area contributed by atoms with Crippen LogP contribution in [0.25, 0.3) is 0 Å². The predicted octanol–water partition coefficient (Wildman–Crippen LogP) is 2.42. The van der Waals surface area contributed by atoms with Crippen molar-refractivity contribution < 1.29 is 4.79 Å². The van der Waals surface area contributed by atoms with E-state index in [4.69, 9.17) is 0 Å². The number of carbonyl (C=O) groups excluding carboxylic acids is 1. The van der Waals surface area contributed by atoms with Gasteiger partial charge in [0.25, 0.3) is 5.91 Å². The van der Waals surface area contributed by atoms with Crippen molar-refractivity contribution in [1.82, 2.24) is 14.9 Å². The fourth-order valence-corrected chi connectivity index (χ4v) is 1.55. The van der Waals surface area contributed by atoms with Crippen molar-refractivity contribution >= 4 is 11.9 Å². The van der Waals surface area contributed by atoms with E-state index < -0.39 is 0 Å². The number of nitrogens with one attached hydrogen (secondary N) is 1. The van der Waals surface area contributed by atoms with Gasteiger partial charge in [0.15, 0.2) is 0 Å². The first-order valence-corrected chi connectivity index (χ1v) is 6.87. The van der Waals surface area contributed by atoms with Crippen LogP contribution in [0, 0.1) is 5.92 Å². The maximum atomic E-state index is 12.1. The molecule has 0 aliphatic heterocycles. The molecular weight excluding hydrogens is 240 g/mol. The number of anilines is 1. The average molecular weight is 264 g/mol. The third-order valence-corrected chi connectivity index (χ3v) is 2.74. The van der Waals surface area contributed by atoms with Crippen molar-refractivity contribution in [3.8, 4) is 0 Å². The highest BCUT2D eigenvalue weighted by Gasteiger charge is 2.13. The van der Waals surface area contributed by atoms with Gasteiger partial charge in [0.05, 0.1) is 0 Å². The highest BCUT2D eigenvalue weighted by atomic mass is 16.2. The molecule has 0 saturated carbocycles. The largest absolute Gasteiger partial charge is 0.354 e. The van der Waals surface area contributed by atoms with Crippen LogP contribution in [0.3, 0.4) is 0 Å². The van der Waals surface area contributed by atoms with E-state index >= 15 is 0 Å². The van der Waals surface area contributed by atoms with E-state index in [-0.39, 0.29) is 5.91 Å². The van der Waals surface area contributed by atoms with Crippen molar-refractivity contribution in [2.24, 2.45) is 5.92 Å². The minimum atomic E-state index is -0.0524. The van der Waals surface area contributed by atoms with Crippen LogP contribution < -0.4 is 5.32 Å². The lowest BCUT2D eigenvalue weighted by atomic mass is 10.2. The summed E-state index contributed by atoms with van der Waals surface area (Å²) < 4.78 is 0. The minimum absolute atomic E-state index is 0.0524. The van der Waals surface area contributed by atoms with Crippen LogP contribution in [0.15, 0.2) is 12.3 Å². The number of nitrogens with zero attached hydrogens (tertiary/aromatic N) is 3. The first-order valence-electron chi connectivity index (χ1n) is 6.87. The Balaban J connectivity index is 2.67. The van der Waals surface area contributed by atoms with E-state index in [2.05, 4.69) is 36.1 Å². The SMILES string of the molecule is CCCCN(C)C(=O)c1ccnc(NCC(C)C)n1. The van der Waals surface area contributed by atoms with E-state index in [1.54, 1.807) is 24.2 Å². The number of unbranched alkanes of at least 4 members (excludes halogenated alkanes) is 1. The number of aromatic nitrogens is 2. The fourth-order valence-electron chi connectivity index (χ4n) is 1.55. The van der Waals surface area contributed by atoms with Crippen molar-refractivity contribution in [2.45, 2.75) is 33.6 Å². The fraction of sp³-hybridized carbons (Fsp3) is 0.643. The molecule has 19 heavy (non-hydrogen) atoms. The number of rotatable bonds is 7. The molecule has 0 saturated heterocycles. The van der Waals surface area contributed by atoms with Crippen LogP contribution in [0.4, 0.5) is 5.95 Å². The summed E-state index contributed by atoms with van der Waals surface area (Å²) in [4.78, 5) is 22.2. The van der Waals surface area contributed by atoms with Crippen LogP contribution in [0.2, 0.25) is 0 Å². The zero-order valence-electron chi connectivity index (χ0n) is 12.3. The molecule has 0 aliphatic rings. The molecule has 1 aromatic rings. The van der Waals surface area contributed by atoms with E-state index in [1.807, 2.05) is 0 Å². The molecule has 1 aromatic heterocycles. The van der Waals surface area contributed by atoms with Gasteiger partial charge in [-0.3, -0.25) is 4.79 Å². The normalized spacial score (nSPS) is 10.6. The van der Waals surface area contributed by atoms with Gasteiger partial charge in [0, 0.05) is 26.3 Å². The van der Waals surface area contributed by atoms with Crippen LogP contribution in [-0.4, -0.2) is 40.9 Å². The van der Waals surface area contributed by atoms with Gasteiger partial charge < -0.3 is 10.2 Å². The summed E-state index contributed by atoms with van der Waals surface area (Å²) in [5.41, 5.74) is 0.444. The smallest absolute Gasteiger partial charge is 0.272 e. The second-order valence-corrected chi connectivity index (χ2v) is 5.12. The summed E-state index contributed by atoms with van der Waals surface area (Å²) in [6.07, 6.45) is 3.70. The standard InChI is InChI=1S/C14H24N4O/c1-5-6-9-18(4)13(19)12-7-8-15-14(17-12)16-10-11(2)3/h7-8,11H,5-6,9-10H2,1-4H3,(H,15,16,17). The maximum absolute atomic E-state index is 12.1. The van der Waals surface area contributed by atoms with Gasteiger partial charge in [0.2, 0.25) is 5.95 Å². The molecule has 0 fully saturated rings. The zero-order chi connectivity index (χ0) is 14.3. The summed E-state index contributed by atoms with van der Waals surface area (Å²) in [5.74, 6) is 0.974. The zero-order valence-corrected chi connectivity index (χ0v) is 12.3. The van der Waals surface area contributed by atoms with Crippen LogP contribution in [0.1, 0.15) is 44.1 Å². The van der Waals surface area contributed by atoms with Gasteiger partial charge in [0.1, 0.15) is 5.69 Å². The van der Waals surface area contributed by atoms with Crippen molar-refractivity contribution in [2.75, 3.05) is 25.5 Å². The van der Waals surface area contributed by atoms with E-state index in [9.17, 15) is 4.79 Å². The monoisotopic (exact) mass is 264 g/mol. The third-order valence-electron chi connectivity index (χ3n) is 2.74. The Bertz CT molecular complexity index is 406. The lowest BCUT2D eigenvalue weighted by Gasteiger charge is -2.16. The molecule has 5 heteroatoms. The molecule has 1 rings (SSSR count). The lowest BCUT2D eigenvalue weighted by molar-refractivity contribution is 0.0787. The highest BCUT2D eigenvalue weighted by Crippen LogP contribution is 2.05. The Morgan fingerprint density at radius 1 is 1.47 bits per heavy atom. The van der Waals surface area contributed by atoms with E-state index in [1.165, 1.54) is 0 Å². The Morgan fingerprint density at radius 3 is 2.84 bits per heavy atom. The number of hydrogen-bond acceptors (Lipinski definition) is 4. The molecule has 1 amide bonds. The molecule has 0 bridgehead atoms. The molecule has 1 heterocycles. The van der Waals surface area contributed by atoms with Crippen LogP contribution in [-0.2, 0) is 0 Å². The summed E-state index contributed by atoms with van der Waals surface area (Å²) in [6.45, 7) is 7.88. The quantitative estimate of drug-likeness (QED) is 0.821. The minimum Gasteiger partial charge on any atom is -0.354 e. The highest BCUT2D eigenvalue weighted by molar-refractivity contribution is 5.92. The number of carbonyl (C=O) groups is 1. The van der Waals surface area contributed by atoms with Gasteiger partial charge >= 0.3 is 0 Å². The third kappa shape index (κ3) is 5.24. The molecule has 0 spiro atoms. The van der Waals surface area contributed by atoms with Crippen molar-refractivity contribution in [1.29, 1.82) is 0 Å². The van der Waals surface area contributed by atoms with E-state index in [0.717, 1.165) is 25.9 Å². The average Bonchev–Trinajstić information content (AvgIpc) is 2.42. The first-order chi connectivity index (χ1) is 9.04. The van der Waals surface area contributed by atoms with Gasteiger partial charge in [-0.05, 0) is 18.4 Å². The summed E-state index contributed by atoms with van der Waals surface area (Å²) in [6, 6.07) is 1.66. The molecule has 1 N–H and O–H groups in total. The summed E-state index contributed by atoms with van der Waals surface area (Å²) >= 11 is 0. The number of hydrogen-bond donors (Lipinski definition) is 1. The Morgan fingerprint density at radius 2 is 2.21 bits per heavy atom. The lowest BCUT2D eigenvalue weighted by Crippen LogP contribution is -2.28. The molecule has 0 unspecified atom stereocenters. The van der Waals surface area contributed by atoms with Gasteiger partial charge in [-0.1, -0.05) is 27.2 Å². The topological polar surface area (TPSA) is 58.1 Å². The molecule has 5 nitrogen and oxygen atoms in total. The Labute approximate surface area is 115 Å². The number of amides is 1. The van der Waals surface area contributed by atoms with Gasteiger partial charge in [-0.25, -0.2) is 9.97 Å². The van der Waals surface area contributed by atoms with Crippen LogP contribution in [0.5, 0.6) is 0 Å². The maximum Gasteiger partial charge on any atom is 0.272 e. The van der Waals surface area contributed by atoms with E-state index in [0.29, 0.717) is 17.6 Å². The Kier molecular flexibility index (Phi) is 6.25. The second-order valence-electron chi connectivity index (χ2n) is 5.12. The molecule has 0 aliphatic carbocycles. The predicted molar refractivity (Wildman–Crippen MR) is 77.2 cm³/mol. The Hall–Kier alpha value is -1.65. The molecular formula is C14H24N4O. The van der Waals surface area contributed by atoms with Gasteiger partial charge in [-0.2, -0.15) is 0 Å².